The quantitative estimate of drug-likeness (QED) is 0.561. The molecular weight excluding hydrogens is 182 g/mol. The molecule has 0 rings (SSSR count). The molecule has 0 aliphatic carbocycles. The number of allylic oxidation sites excluding steroid dienone is 4. The topological polar surface area (TPSA) is 3.24 Å². The Morgan fingerprint density at radius 2 is 1.33 bits per heavy atom. The van der Waals surface area contributed by atoms with Gasteiger partial charge in [-0.1, -0.05) is 39.2 Å². The summed E-state index contributed by atoms with van der Waals surface area (Å²) in [6.45, 7) is 15.3. The summed E-state index contributed by atoms with van der Waals surface area (Å²) in [7, 11) is 0. The molecule has 0 saturated carbocycles. The normalized spacial score (nSPS) is 11.1. The molecule has 1 nitrogen and oxygen atoms in total. The van der Waals surface area contributed by atoms with E-state index in [2.05, 4.69) is 63.1 Å². The molecule has 0 unspecified atom stereocenters. The van der Waals surface area contributed by atoms with Crippen LogP contribution >= 0.6 is 0 Å². The van der Waals surface area contributed by atoms with Crippen molar-refractivity contribution in [3.63, 3.8) is 0 Å². The summed E-state index contributed by atoms with van der Waals surface area (Å²) in [5, 5.41) is 0. The van der Waals surface area contributed by atoms with Crippen LogP contribution < -0.4 is 0 Å². The van der Waals surface area contributed by atoms with Gasteiger partial charge in [0, 0.05) is 17.9 Å². The van der Waals surface area contributed by atoms with E-state index in [1.54, 1.807) is 0 Å². The third-order valence-corrected chi connectivity index (χ3v) is 2.10. The second-order valence-corrected chi connectivity index (χ2v) is 3.35. The third kappa shape index (κ3) is 5.26. The van der Waals surface area contributed by atoms with Crippen LogP contribution in [0.15, 0.2) is 48.9 Å². The summed E-state index contributed by atoms with van der Waals surface area (Å²) in [4.78, 5) is 2.11. The molecule has 0 saturated heterocycles. The van der Waals surface area contributed by atoms with Crippen LogP contribution in [0, 0.1) is 0 Å². The van der Waals surface area contributed by atoms with E-state index in [0.717, 1.165) is 30.8 Å². The van der Waals surface area contributed by atoms with Crippen LogP contribution in [0.1, 0.15) is 33.6 Å². The first-order valence-corrected chi connectivity index (χ1v) is 5.65. The minimum absolute atomic E-state index is 0.903. The molecule has 0 aromatic heterocycles. The lowest BCUT2D eigenvalue weighted by atomic mass is 10.2. The monoisotopic (exact) mass is 205 g/mol. The minimum Gasteiger partial charge on any atom is -0.343 e. The zero-order chi connectivity index (χ0) is 11.7. The molecule has 0 aromatic carbocycles. The van der Waals surface area contributed by atoms with E-state index in [-0.39, 0.29) is 0 Å². The lowest BCUT2D eigenvalue weighted by Crippen LogP contribution is -2.18. The average Bonchev–Trinajstić information content (AvgIpc) is 2.24. The van der Waals surface area contributed by atoms with Crippen molar-refractivity contribution in [3.05, 3.63) is 48.9 Å². The molecule has 0 fully saturated rings. The van der Waals surface area contributed by atoms with Gasteiger partial charge in [0.1, 0.15) is 0 Å². The predicted octanol–water partition coefficient (Wildman–Crippen LogP) is 4.27. The van der Waals surface area contributed by atoms with Gasteiger partial charge in [-0.15, -0.1) is 0 Å². The van der Waals surface area contributed by atoms with Gasteiger partial charge in [0.15, 0.2) is 0 Å². The van der Waals surface area contributed by atoms with Crippen LogP contribution in [0.2, 0.25) is 0 Å². The van der Waals surface area contributed by atoms with Crippen molar-refractivity contribution >= 4 is 0 Å². The highest BCUT2D eigenvalue weighted by atomic mass is 15.1. The number of nitrogens with zero attached hydrogens (tertiary/aromatic N) is 1. The molecule has 0 heterocycles. The van der Waals surface area contributed by atoms with Crippen molar-refractivity contribution in [2.45, 2.75) is 33.6 Å². The van der Waals surface area contributed by atoms with Crippen molar-refractivity contribution in [3.8, 4) is 0 Å². The standard InChI is InChI=1S/C14H23N/c1-6-9-11-13(4)15(8-3)14(5)12-10-7-2/h9-12H,4-8H2,1-3H3/b11-9-,12-10-. The number of likely N-dealkylation sites (N-methyl/N-ethyl adjacent to an activating group) is 1. The van der Waals surface area contributed by atoms with Crippen molar-refractivity contribution in [2.24, 2.45) is 0 Å². The summed E-state index contributed by atoms with van der Waals surface area (Å²) in [6, 6.07) is 0. The molecule has 0 radical (unpaired) electrons. The molecule has 0 aliphatic heterocycles. The molecule has 0 atom stereocenters. The van der Waals surface area contributed by atoms with Crippen molar-refractivity contribution in [1.29, 1.82) is 0 Å². The first-order valence-electron chi connectivity index (χ1n) is 5.65. The van der Waals surface area contributed by atoms with E-state index >= 15 is 0 Å². The van der Waals surface area contributed by atoms with Gasteiger partial charge in [0.05, 0.1) is 0 Å². The zero-order valence-corrected chi connectivity index (χ0v) is 10.3. The van der Waals surface area contributed by atoms with Crippen LogP contribution in [0.25, 0.3) is 0 Å². The van der Waals surface area contributed by atoms with E-state index in [1.807, 2.05) is 0 Å². The summed E-state index contributed by atoms with van der Waals surface area (Å²) in [5.41, 5.74) is 2.01. The van der Waals surface area contributed by atoms with Gasteiger partial charge in [-0.25, -0.2) is 0 Å². The Labute approximate surface area is 94.5 Å². The highest BCUT2D eigenvalue weighted by Crippen LogP contribution is 2.12. The van der Waals surface area contributed by atoms with Crippen LogP contribution in [0.5, 0.6) is 0 Å². The van der Waals surface area contributed by atoms with E-state index in [1.165, 1.54) is 0 Å². The van der Waals surface area contributed by atoms with Gasteiger partial charge in [-0.2, -0.15) is 0 Å². The maximum Gasteiger partial charge on any atom is 0.0334 e. The van der Waals surface area contributed by atoms with Gasteiger partial charge in [0.2, 0.25) is 0 Å². The Balaban J connectivity index is 4.47. The zero-order valence-electron chi connectivity index (χ0n) is 10.3. The van der Waals surface area contributed by atoms with Gasteiger partial charge in [0.25, 0.3) is 0 Å². The smallest absolute Gasteiger partial charge is 0.0334 e. The fourth-order valence-corrected chi connectivity index (χ4v) is 1.28. The second-order valence-electron chi connectivity index (χ2n) is 3.35. The van der Waals surface area contributed by atoms with Crippen molar-refractivity contribution in [1.82, 2.24) is 4.90 Å². The highest BCUT2D eigenvalue weighted by Gasteiger charge is 2.03. The largest absolute Gasteiger partial charge is 0.343 e. The Bertz CT molecular complexity index is 233. The van der Waals surface area contributed by atoms with E-state index < -0.39 is 0 Å². The van der Waals surface area contributed by atoms with Crippen LogP contribution in [0.4, 0.5) is 0 Å². The van der Waals surface area contributed by atoms with Crippen LogP contribution in [0.3, 0.4) is 0 Å². The van der Waals surface area contributed by atoms with E-state index in [0.29, 0.717) is 0 Å². The van der Waals surface area contributed by atoms with Crippen molar-refractivity contribution in [2.75, 3.05) is 6.54 Å². The molecular formula is C14H23N. The molecule has 15 heavy (non-hydrogen) atoms. The minimum atomic E-state index is 0.903. The summed E-state index contributed by atoms with van der Waals surface area (Å²) >= 11 is 0. The molecule has 0 N–H and O–H groups in total. The Morgan fingerprint density at radius 3 is 1.60 bits per heavy atom. The Kier molecular flexibility index (Phi) is 7.43. The fourth-order valence-electron chi connectivity index (χ4n) is 1.28. The van der Waals surface area contributed by atoms with Crippen LogP contribution in [-0.4, -0.2) is 11.4 Å². The Hall–Kier alpha value is -1.24. The van der Waals surface area contributed by atoms with Crippen LogP contribution in [-0.2, 0) is 0 Å². The SMILES string of the molecule is C=C(/C=C\CC)N(CC)C(=C)/C=C\CC. The first-order chi connectivity index (χ1) is 7.17. The first kappa shape index (κ1) is 13.8. The average molecular weight is 205 g/mol. The highest BCUT2D eigenvalue weighted by molar-refractivity contribution is 5.24. The lowest BCUT2D eigenvalue weighted by molar-refractivity contribution is 0.482. The van der Waals surface area contributed by atoms with Gasteiger partial charge in [-0.3, -0.25) is 0 Å². The molecule has 84 valence electrons. The molecule has 0 amide bonds. The number of rotatable bonds is 7. The Morgan fingerprint density at radius 1 is 0.933 bits per heavy atom. The molecule has 0 spiro atoms. The van der Waals surface area contributed by atoms with E-state index in [4.69, 9.17) is 0 Å². The second kappa shape index (κ2) is 8.10. The lowest BCUT2D eigenvalue weighted by Gasteiger charge is -2.23. The summed E-state index contributed by atoms with van der Waals surface area (Å²) in [6.07, 6.45) is 10.4. The third-order valence-electron chi connectivity index (χ3n) is 2.10. The molecule has 0 bridgehead atoms. The maximum absolute atomic E-state index is 4.04. The molecule has 1 heteroatoms. The fraction of sp³-hybridized carbons (Fsp3) is 0.429. The van der Waals surface area contributed by atoms with Crippen molar-refractivity contribution < 1.29 is 0 Å². The van der Waals surface area contributed by atoms with E-state index in [9.17, 15) is 0 Å². The number of hydrogen-bond acceptors (Lipinski definition) is 1. The summed E-state index contributed by atoms with van der Waals surface area (Å²) in [5.74, 6) is 0. The summed E-state index contributed by atoms with van der Waals surface area (Å²) < 4.78 is 0. The molecule has 0 aromatic rings. The number of hydrogen-bond donors (Lipinski definition) is 0. The van der Waals surface area contributed by atoms with Gasteiger partial charge < -0.3 is 4.90 Å². The molecule has 0 aliphatic rings. The predicted molar refractivity (Wildman–Crippen MR) is 69.5 cm³/mol. The van der Waals surface area contributed by atoms with Gasteiger partial charge >= 0.3 is 0 Å². The maximum atomic E-state index is 4.04. The van der Waals surface area contributed by atoms with Gasteiger partial charge in [-0.05, 0) is 31.9 Å².